The van der Waals surface area contributed by atoms with Gasteiger partial charge < -0.3 is 10.6 Å². The molecule has 3 unspecified atom stereocenters. The summed E-state index contributed by atoms with van der Waals surface area (Å²) in [5.74, 6) is 1.15. The second kappa shape index (κ2) is 5.21. The van der Waals surface area contributed by atoms with Crippen molar-refractivity contribution in [3.63, 3.8) is 0 Å². The van der Waals surface area contributed by atoms with Crippen LogP contribution in [0, 0.1) is 17.3 Å². The molecule has 2 N–H and O–H groups in total. The van der Waals surface area contributed by atoms with Gasteiger partial charge in [-0.15, -0.1) is 0 Å². The second-order valence-corrected chi connectivity index (χ2v) is 6.25. The van der Waals surface area contributed by atoms with Gasteiger partial charge in [-0.25, -0.2) is 0 Å². The van der Waals surface area contributed by atoms with Gasteiger partial charge in [0.05, 0.1) is 6.04 Å². The first-order chi connectivity index (χ1) is 7.77. The fraction of sp³-hybridized carbons (Fsp3) is 0.786. The molecule has 98 valence electrons. The average Bonchev–Trinajstić information content (AvgIpc) is 2.25. The number of nitrogens with two attached hydrogens (primary N) is 1. The number of likely N-dealkylation sites (N-methyl/N-ethyl adjacent to an activating group) is 1. The Morgan fingerprint density at radius 1 is 1.41 bits per heavy atom. The van der Waals surface area contributed by atoms with Crippen LogP contribution in [0.25, 0.3) is 0 Å². The van der Waals surface area contributed by atoms with E-state index in [1.807, 2.05) is 32.7 Å². The highest BCUT2D eigenvalue weighted by Crippen LogP contribution is 2.28. The van der Waals surface area contributed by atoms with E-state index in [0.29, 0.717) is 18.4 Å². The summed E-state index contributed by atoms with van der Waals surface area (Å²) in [4.78, 5) is 14.1. The first-order valence-corrected chi connectivity index (χ1v) is 6.43. The third kappa shape index (κ3) is 3.32. The van der Waals surface area contributed by atoms with Crippen molar-refractivity contribution >= 4 is 5.91 Å². The van der Waals surface area contributed by atoms with Crippen LogP contribution in [-0.4, -0.2) is 30.4 Å². The summed E-state index contributed by atoms with van der Waals surface area (Å²) in [5.41, 5.74) is 5.37. The Morgan fingerprint density at radius 3 is 2.41 bits per heavy atom. The van der Waals surface area contributed by atoms with E-state index in [0.717, 1.165) is 6.42 Å². The van der Waals surface area contributed by atoms with E-state index in [2.05, 4.69) is 19.1 Å². The maximum Gasteiger partial charge on any atom is 0.228 e. The molecule has 0 aromatic carbocycles. The molecule has 1 amide bonds. The lowest BCUT2D eigenvalue weighted by Crippen LogP contribution is -2.46. The molecule has 1 aliphatic rings. The summed E-state index contributed by atoms with van der Waals surface area (Å²) >= 11 is 0. The van der Waals surface area contributed by atoms with E-state index in [1.54, 1.807) is 0 Å². The minimum atomic E-state index is -0.312. The van der Waals surface area contributed by atoms with Crippen molar-refractivity contribution in [3.8, 4) is 0 Å². The zero-order valence-corrected chi connectivity index (χ0v) is 11.7. The van der Waals surface area contributed by atoms with E-state index in [9.17, 15) is 4.79 Å². The summed E-state index contributed by atoms with van der Waals surface area (Å²) in [5, 5.41) is 0. The second-order valence-electron chi connectivity index (χ2n) is 6.25. The molecule has 0 heterocycles. The maximum atomic E-state index is 12.2. The topological polar surface area (TPSA) is 46.3 Å². The Morgan fingerprint density at radius 2 is 2.00 bits per heavy atom. The average molecular weight is 238 g/mol. The Labute approximate surface area is 105 Å². The predicted octanol–water partition coefficient (Wildman–Crippen LogP) is 2.03. The molecule has 1 aliphatic carbocycles. The molecular weight excluding hydrogens is 212 g/mol. The molecule has 1 rings (SSSR count). The molecule has 3 heteroatoms. The highest BCUT2D eigenvalue weighted by atomic mass is 16.2. The van der Waals surface area contributed by atoms with Gasteiger partial charge in [0.25, 0.3) is 0 Å². The minimum Gasteiger partial charge on any atom is -0.339 e. The molecule has 0 spiro atoms. The van der Waals surface area contributed by atoms with E-state index >= 15 is 0 Å². The van der Waals surface area contributed by atoms with Crippen LogP contribution in [-0.2, 0) is 4.79 Å². The third-order valence-electron chi connectivity index (χ3n) is 3.55. The fourth-order valence-electron chi connectivity index (χ4n) is 2.51. The van der Waals surface area contributed by atoms with Crippen molar-refractivity contribution in [1.29, 1.82) is 0 Å². The molecule has 0 aromatic rings. The van der Waals surface area contributed by atoms with Crippen molar-refractivity contribution in [2.45, 2.75) is 40.2 Å². The smallest absolute Gasteiger partial charge is 0.228 e. The molecular formula is C14H26N2O. The van der Waals surface area contributed by atoms with E-state index in [1.165, 1.54) is 0 Å². The van der Waals surface area contributed by atoms with Gasteiger partial charge in [-0.05, 0) is 24.8 Å². The summed E-state index contributed by atoms with van der Waals surface area (Å²) in [6.45, 7) is 8.79. The standard InChI is InChI=1S/C14H26N2O/c1-10-8-11(9-15)6-7-12(10)16(5)13(17)14(2,3)4/h6-7,10-12H,8-9,15H2,1-5H3. The molecule has 0 saturated carbocycles. The predicted molar refractivity (Wildman–Crippen MR) is 71.5 cm³/mol. The molecule has 0 aliphatic heterocycles. The first-order valence-electron chi connectivity index (χ1n) is 6.43. The lowest BCUT2D eigenvalue weighted by Gasteiger charge is -2.38. The molecule has 0 fully saturated rings. The first kappa shape index (κ1) is 14.2. The highest BCUT2D eigenvalue weighted by Gasteiger charge is 2.32. The largest absolute Gasteiger partial charge is 0.339 e. The molecule has 0 radical (unpaired) electrons. The molecule has 17 heavy (non-hydrogen) atoms. The lowest BCUT2D eigenvalue weighted by molar-refractivity contribution is -0.140. The van der Waals surface area contributed by atoms with Crippen LogP contribution in [0.2, 0.25) is 0 Å². The van der Waals surface area contributed by atoms with Gasteiger partial charge in [0.2, 0.25) is 5.91 Å². The summed E-state index contributed by atoms with van der Waals surface area (Å²) < 4.78 is 0. The number of carbonyl (C=O) groups excluding carboxylic acids is 1. The Balaban J connectivity index is 2.77. The summed E-state index contributed by atoms with van der Waals surface area (Å²) in [6.07, 6.45) is 5.38. The minimum absolute atomic E-state index is 0.199. The van der Waals surface area contributed by atoms with Crippen LogP contribution in [0.1, 0.15) is 34.1 Å². The number of amides is 1. The van der Waals surface area contributed by atoms with Crippen LogP contribution >= 0.6 is 0 Å². The zero-order valence-electron chi connectivity index (χ0n) is 11.7. The van der Waals surface area contributed by atoms with Crippen molar-refractivity contribution in [2.75, 3.05) is 13.6 Å². The Hall–Kier alpha value is -0.830. The van der Waals surface area contributed by atoms with E-state index < -0.39 is 0 Å². The molecule has 0 bridgehead atoms. The number of rotatable bonds is 2. The maximum absolute atomic E-state index is 12.2. The molecule has 0 saturated heterocycles. The zero-order chi connectivity index (χ0) is 13.2. The SMILES string of the molecule is CC1CC(CN)C=CC1N(C)C(=O)C(C)(C)C. The van der Waals surface area contributed by atoms with Crippen LogP contribution in [0.5, 0.6) is 0 Å². The number of hydrogen-bond donors (Lipinski definition) is 1. The summed E-state index contributed by atoms with van der Waals surface area (Å²) in [7, 11) is 1.90. The van der Waals surface area contributed by atoms with Gasteiger partial charge >= 0.3 is 0 Å². The van der Waals surface area contributed by atoms with Gasteiger partial charge in [0, 0.05) is 12.5 Å². The van der Waals surface area contributed by atoms with Gasteiger partial charge in [-0.3, -0.25) is 4.79 Å². The number of nitrogens with zero attached hydrogens (tertiary/aromatic N) is 1. The van der Waals surface area contributed by atoms with Gasteiger partial charge in [-0.2, -0.15) is 0 Å². The lowest BCUT2D eigenvalue weighted by atomic mass is 9.82. The van der Waals surface area contributed by atoms with Crippen LogP contribution in [0.15, 0.2) is 12.2 Å². The van der Waals surface area contributed by atoms with Crippen molar-refractivity contribution in [2.24, 2.45) is 23.0 Å². The van der Waals surface area contributed by atoms with E-state index in [-0.39, 0.29) is 17.4 Å². The fourth-order valence-corrected chi connectivity index (χ4v) is 2.51. The van der Waals surface area contributed by atoms with E-state index in [4.69, 9.17) is 5.73 Å². The van der Waals surface area contributed by atoms with Crippen LogP contribution in [0.4, 0.5) is 0 Å². The van der Waals surface area contributed by atoms with Crippen molar-refractivity contribution < 1.29 is 4.79 Å². The Kier molecular flexibility index (Phi) is 4.36. The van der Waals surface area contributed by atoms with Gasteiger partial charge in [-0.1, -0.05) is 39.8 Å². The molecule has 3 nitrogen and oxygen atoms in total. The quantitative estimate of drug-likeness (QED) is 0.748. The normalized spacial score (nSPS) is 29.2. The Bertz CT molecular complexity index is 304. The monoisotopic (exact) mass is 238 g/mol. The molecule has 0 aromatic heterocycles. The third-order valence-corrected chi connectivity index (χ3v) is 3.55. The van der Waals surface area contributed by atoms with Crippen LogP contribution in [0.3, 0.4) is 0 Å². The van der Waals surface area contributed by atoms with Crippen LogP contribution < -0.4 is 5.73 Å². The van der Waals surface area contributed by atoms with Gasteiger partial charge in [0.1, 0.15) is 0 Å². The molecule has 3 atom stereocenters. The van der Waals surface area contributed by atoms with Crippen molar-refractivity contribution in [1.82, 2.24) is 4.90 Å². The highest BCUT2D eigenvalue weighted by molar-refractivity contribution is 5.81. The number of hydrogen-bond acceptors (Lipinski definition) is 2. The number of carbonyl (C=O) groups is 1. The van der Waals surface area contributed by atoms with Crippen molar-refractivity contribution in [3.05, 3.63) is 12.2 Å². The van der Waals surface area contributed by atoms with Gasteiger partial charge in [0.15, 0.2) is 0 Å². The summed E-state index contributed by atoms with van der Waals surface area (Å²) in [6, 6.07) is 0.213.